The molecule has 1 aromatic carbocycles. The Morgan fingerprint density at radius 3 is 2.61 bits per heavy atom. The van der Waals surface area contributed by atoms with Crippen molar-refractivity contribution in [1.82, 2.24) is 15.2 Å². The van der Waals surface area contributed by atoms with Gasteiger partial charge in [-0.2, -0.15) is 0 Å². The monoisotopic (exact) mass is 783 g/mol. The molecule has 0 unspecified atom stereocenters. The Labute approximate surface area is 311 Å². The van der Waals surface area contributed by atoms with E-state index in [1.54, 1.807) is 6.92 Å². The van der Waals surface area contributed by atoms with Crippen LogP contribution in [0, 0.1) is 12.8 Å². The minimum Gasteiger partial charge on any atom is -0.506 e. The molecule has 5 N–H and O–H groups in total. The van der Waals surface area contributed by atoms with Crippen LogP contribution in [-0.2, 0) is 28.8 Å². The third-order valence-corrected chi connectivity index (χ3v) is 11.9. The van der Waals surface area contributed by atoms with Crippen molar-refractivity contribution in [2.45, 2.75) is 51.2 Å². The number of quaternary nitrogens is 1. The highest BCUT2D eigenvalue weighted by atomic mass is 35.5. The molecule has 2 saturated heterocycles. The molecule has 0 aliphatic carbocycles. The van der Waals surface area contributed by atoms with Crippen molar-refractivity contribution >= 4 is 87.2 Å². The van der Waals surface area contributed by atoms with Crippen molar-refractivity contribution in [3.05, 3.63) is 49.6 Å². The number of carbonyl (C=O) groups is 5. The van der Waals surface area contributed by atoms with Crippen molar-refractivity contribution in [2.24, 2.45) is 11.1 Å². The van der Waals surface area contributed by atoms with Gasteiger partial charge < -0.3 is 35.3 Å². The summed E-state index contributed by atoms with van der Waals surface area (Å²) in [6, 6.07) is 1.40. The number of aliphatic carboxylic acids is 1. The van der Waals surface area contributed by atoms with Gasteiger partial charge in [0.2, 0.25) is 5.91 Å². The molecular formula is C32H37Cl2N6O9S2+. The first-order chi connectivity index (χ1) is 24.1. The number of hydrogen-bond donors (Lipinski definition) is 4. The number of likely N-dealkylation sites (tertiary alicyclic amines) is 1. The summed E-state index contributed by atoms with van der Waals surface area (Å²) in [6.45, 7) is 7.21. The second-order valence-corrected chi connectivity index (χ2v) is 15.7. The number of nitrogens with zero attached hydrogens (tertiary/aromatic N) is 4. The Morgan fingerprint density at radius 1 is 1.27 bits per heavy atom. The normalized spacial score (nSPS) is 20.1. The van der Waals surface area contributed by atoms with Gasteiger partial charge in [-0.3, -0.25) is 24.1 Å². The lowest BCUT2D eigenvalue weighted by atomic mass is 9.89. The number of hydrogen-bond acceptors (Lipinski definition) is 13. The van der Waals surface area contributed by atoms with Gasteiger partial charge in [0.15, 0.2) is 16.6 Å². The molecule has 0 saturated carbocycles. The number of nitrogen functional groups attached to an aromatic ring is 1. The number of oxime groups is 1. The summed E-state index contributed by atoms with van der Waals surface area (Å²) in [5, 5.41) is 28.5. The fraction of sp³-hybridized carbons (Fsp3) is 0.469. The van der Waals surface area contributed by atoms with E-state index in [2.05, 4.69) is 15.5 Å². The number of ether oxygens (including phenoxy) is 1. The van der Waals surface area contributed by atoms with Gasteiger partial charge in [-0.1, -0.05) is 28.4 Å². The fourth-order valence-corrected chi connectivity index (χ4v) is 8.84. The number of halogens is 2. The Hall–Kier alpha value is -3.90. The molecule has 0 radical (unpaired) electrons. The quantitative estimate of drug-likeness (QED) is 0.0511. The zero-order valence-corrected chi connectivity index (χ0v) is 31.1. The van der Waals surface area contributed by atoms with Gasteiger partial charge in [-0.25, -0.2) is 9.78 Å². The van der Waals surface area contributed by atoms with Gasteiger partial charge in [0.05, 0.1) is 48.1 Å². The number of aromatic hydroxyl groups is 1. The van der Waals surface area contributed by atoms with Gasteiger partial charge in [-0.15, -0.1) is 23.1 Å². The molecule has 2 aromatic rings. The molecule has 3 aliphatic rings. The zero-order valence-electron chi connectivity index (χ0n) is 27.9. The fourth-order valence-electron chi connectivity index (χ4n) is 6.41. The first kappa shape index (κ1) is 38.3. The number of rotatable bonds is 15. The molecule has 2 atom stereocenters. The number of nitrogens with two attached hydrogens (primary N) is 1. The number of ketones is 1. The van der Waals surface area contributed by atoms with E-state index in [9.17, 15) is 34.2 Å². The number of thiazole rings is 1. The number of carboxylic acids is 1. The summed E-state index contributed by atoms with van der Waals surface area (Å²) in [6.07, 6.45) is 1.53. The molecule has 5 rings (SSSR count). The number of amides is 2. The minimum absolute atomic E-state index is 0.0463. The van der Waals surface area contributed by atoms with Crippen LogP contribution in [-0.4, -0.2) is 110 Å². The van der Waals surface area contributed by atoms with Gasteiger partial charge in [0, 0.05) is 60.4 Å². The van der Waals surface area contributed by atoms with Gasteiger partial charge in [0.1, 0.15) is 23.7 Å². The number of fused-ring (bicyclic) bond motifs is 1. The molecule has 0 bridgehead atoms. The maximum atomic E-state index is 13.6. The molecule has 19 heteroatoms. The number of phenols is 1. The van der Waals surface area contributed by atoms with Crippen LogP contribution in [0.3, 0.4) is 0 Å². The molecule has 2 amide bonds. The number of carboxylic acid groups (broad SMARTS) is 1. The Bertz CT molecular complexity index is 1830. The zero-order chi connectivity index (χ0) is 37.2. The van der Waals surface area contributed by atoms with Gasteiger partial charge in [0.25, 0.3) is 18.2 Å². The maximum absolute atomic E-state index is 13.6. The number of β-lactam (4-membered cyclic amide) rings is 1. The highest BCUT2D eigenvalue weighted by Gasteiger charge is 2.55. The molecule has 1 aromatic heterocycles. The maximum Gasteiger partial charge on any atom is 0.352 e. The van der Waals surface area contributed by atoms with Crippen molar-refractivity contribution < 1.29 is 48.2 Å². The number of benzene rings is 1. The van der Waals surface area contributed by atoms with E-state index in [0.29, 0.717) is 34.5 Å². The van der Waals surface area contributed by atoms with E-state index >= 15 is 0 Å². The molecular weight excluding hydrogens is 747 g/mol. The van der Waals surface area contributed by atoms with Crippen LogP contribution in [0.1, 0.15) is 54.7 Å². The number of thioether (sulfide) groups is 1. The molecule has 0 spiro atoms. The molecule has 4 heterocycles. The summed E-state index contributed by atoms with van der Waals surface area (Å²) in [4.78, 5) is 74.3. The SMILES string of the molecule is Cc1c(Cl)cc(C(=O)NCC[N+]2(CC3=C(C(=O)O)N4C(=O)[C@@H](CC(=O)/C(=N\OC(C)(C)OC=O)c5csc(N)n5)[C@H]4SC3)CCCC2)c(Cl)c1O. The van der Waals surface area contributed by atoms with Crippen molar-refractivity contribution in [3.63, 3.8) is 0 Å². The summed E-state index contributed by atoms with van der Waals surface area (Å²) in [5.74, 6) is -5.09. The van der Waals surface area contributed by atoms with E-state index in [1.165, 1.54) is 42.0 Å². The molecule has 274 valence electrons. The lowest BCUT2D eigenvalue weighted by Gasteiger charge is -2.50. The first-order valence-corrected chi connectivity index (χ1v) is 18.6. The topological polar surface area (TPSA) is 211 Å². The number of carbonyl (C=O) groups excluding carboxylic acids is 4. The molecule has 3 aliphatic heterocycles. The minimum atomic E-state index is -1.50. The number of phenolic OH excluding ortho intramolecular Hbond substituents is 1. The smallest absolute Gasteiger partial charge is 0.352 e. The average molecular weight is 785 g/mol. The molecule has 2 fully saturated rings. The second-order valence-electron chi connectivity index (χ2n) is 12.9. The number of Topliss-reactive ketones (excluding diaryl/α,β-unsaturated/α-hetero) is 1. The molecule has 51 heavy (non-hydrogen) atoms. The average Bonchev–Trinajstić information content (AvgIpc) is 3.72. The lowest BCUT2D eigenvalue weighted by molar-refractivity contribution is -0.911. The van der Waals surface area contributed by atoms with Crippen molar-refractivity contribution in [2.75, 3.05) is 44.2 Å². The van der Waals surface area contributed by atoms with Crippen LogP contribution in [0.15, 0.2) is 27.9 Å². The molecule has 15 nitrogen and oxygen atoms in total. The van der Waals surface area contributed by atoms with Crippen LogP contribution in [0.2, 0.25) is 10.0 Å². The number of aromatic nitrogens is 1. The van der Waals surface area contributed by atoms with Crippen LogP contribution in [0.5, 0.6) is 5.75 Å². The Morgan fingerprint density at radius 2 is 1.98 bits per heavy atom. The van der Waals surface area contributed by atoms with Crippen LogP contribution < -0.4 is 11.1 Å². The summed E-state index contributed by atoms with van der Waals surface area (Å²) in [7, 11) is 0. The van der Waals surface area contributed by atoms with E-state index in [0.717, 1.165) is 37.3 Å². The van der Waals surface area contributed by atoms with Crippen molar-refractivity contribution in [1.29, 1.82) is 0 Å². The predicted molar refractivity (Wildman–Crippen MR) is 190 cm³/mol. The first-order valence-electron chi connectivity index (χ1n) is 15.9. The van der Waals surface area contributed by atoms with Crippen LogP contribution in [0.25, 0.3) is 0 Å². The standard InChI is InChI=1S/C32H36Cl2N6O9S2/c1-16-20(33)10-18(23(34)26(16)43)27(44)36-6-9-40(7-4-5-8-40)12-17-13-50-29-19(28(45)39(29)25(17)30(46)47)11-22(42)24(21-14-51-31(35)37-21)38-49-32(2,3)48-15-41/h10,14-15,19,29H,4-9,11-13H2,1-3H3,(H4-,35,36,37,43,44,46,47)/p+1/b38-24-/t19-,29-/m1/s1. The van der Waals surface area contributed by atoms with Crippen molar-refractivity contribution in [3.8, 4) is 5.75 Å². The van der Waals surface area contributed by atoms with Crippen LogP contribution >= 0.6 is 46.3 Å². The number of nitrogens with one attached hydrogen (secondary N) is 1. The van der Waals surface area contributed by atoms with Gasteiger partial charge in [-0.05, 0) is 13.0 Å². The Balaban J connectivity index is 1.29. The van der Waals surface area contributed by atoms with E-state index < -0.39 is 40.6 Å². The van der Waals surface area contributed by atoms with Gasteiger partial charge >= 0.3 is 5.97 Å². The lowest BCUT2D eigenvalue weighted by Crippen LogP contribution is -2.63. The summed E-state index contributed by atoms with van der Waals surface area (Å²) >= 11 is 14.8. The summed E-state index contributed by atoms with van der Waals surface area (Å²) in [5.41, 5.74) is 6.59. The van der Waals surface area contributed by atoms with Crippen LogP contribution in [0.4, 0.5) is 5.13 Å². The van der Waals surface area contributed by atoms with E-state index in [-0.39, 0.29) is 63.0 Å². The third-order valence-electron chi connectivity index (χ3n) is 9.07. The highest BCUT2D eigenvalue weighted by molar-refractivity contribution is 8.00. The highest BCUT2D eigenvalue weighted by Crippen LogP contribution is 2.46. The summed E-state index contributed by atoms with van der Waals surface area (Å²) < 4.78 is 5.35. The predicted octanol–water partition coefficient (Wildman–Crippen LogP) is 3.55. The largest absolute Gasteiger partial charge is 0.506 e. The Kier molecular flexibility index (Phi) is 11.6. The van der Waals surface area contributed by atoms with E-state index in [1.807, 2.05) is 0 Å². The number of anilines is 1. The van der Waals surface area contributed by atoms with E-state index in [4.69, 9.17) is 38.5 Å². The third kappa shape index (κ3) is 8.12. The second kappa shape index (κ2) is 15.4.